The number of nitrogens with one attached hydrogen (secondary N) is 2. The van der Waals surface area contributed by atoms with E-state index < -0.39 is 0 Å². The first kappa shape index (κ1) is 18.6. The maximum absolute atomic E-state index is 12.3. The van der Waals surface area contributed by atoms with Gasteiger partial charge in [-0.3, -0.25) is 9.69 Å². The molecule has 3 rings (SSSR count). The van der Waals surface area contributed by atoms with Gasteiger partial charge in [0.1, 0.15) is 0 Å². The van der Waals surface area contributed by atoms with Gasteiger partial charge in [0.25, 0.3) is 0 Å². The molecule has 2 N–H and O–H groups in total. The quantitative estimate of drug-likeness (QED) is 0.837. The Kier molecular flexibility index (Phi) is 6.42. The van der Waals surface area contributed by atoms with Crippen LogP contribution in [-0.4, -0.2) is 36.5 Å². The first-order valence-electron chi connectivity index (χ1n) is 9.47. The number of para-hydroxylation sites is 1. The van der Waals surface area contributed by atoms with Gasteiger partial charge < -0.3 is 10.6 Å². The van der Waals surface area contributed by atoms with Gasteiger partial charge in [0.2, 0.25) is 5.91 Å². The van der Waals surface area contributed by atoms with Crippen molar-refractivity contribution in [3.63, 3.8) is 0 Å². The molecule has 138 valence electrons. The third-order valence-electron chi connectivity index (χ3n) is 5.13. The van der Waals surface area contributed by atoms with Gasteiger partial charge in [0, 0.05) is 18.3 Å². The van der Waals surface area contributed by atoms with Crippen LogP contribution in [0.5, 0.6) is 0 Å². The molecular formula is C22H29N3O. The molecule has 1 aliphatic rings. The molecule has 1 aliphatic heterocycles. The molecule has 0 spiro atoms. The number of amides is 1. The van der Waals surface area contributed by atoms with Crippen molar-refractivity contribution in [1.29, 1.82) is 0 Å². The van der Waals surface area contributed by atoms with Crippen molar-refractivity contribution >= 4 is 11.6 Å². The van der Waals surface area contributed by atoms with E-state index in [9.17, 15) is 4.79 Å². The normalized spacial score (nSPS) is 15.8. The number of nitrogens with zero attached hydrogens (tertiary/aromatic N) is 1. The van der Waals surface area contributed by atoms with Crippen LogP contribution in [0.15, 0.2) is 48.5 Å². The summed E-state index contributed by atoms with van der Waals surface area (Å²) in [5.74, 6) is 0.0362. The summed E-state index contributed by atoms with van der Waals surface area (Å²) in [6.07, 6.45) is 2.17. The smallest absolute Gasteiger partial charge is 0.238 e. The Balaban J connectivity index is 1.40. The predicted molar refractivity (Wildman–Crippen MR) is 107 cm³/mol. The molecule has 2 aromatic rings. The van der Waals surface area contributed by atoms with Crippen molar-refractivity contribution in [3.05, 3.63) is 65.2 Å². The average Bonchev–Trinajstić information content (AvgIpc) is 2.65. The number of carbonyl (C=O) groups excluding carboxylic acids is 1. The number of carbonyl (C=O) groups is 1. The molecule has 1 amide bonds. The first-order valence-corrected chi connectivity index (χ1v) is 9.47. The lowest BCUT2D eigenvalue weighted by atomic mass is 10.0. The zero-order valence-electron chi connectivity index (χ0n) is 15.8. The van der Waals surface area contributed by atoms with Crippen molar-refractivity contribution in [1.82, 2.24) is 10.2 Å². The molecule has 1 heterocycles. The molecule has 0 aromatic heterocycles. The van der Waals surface area contributed by atoms with Crippen LogP contribution in [0.3, 0.4) is 0 Å². The third kappa shape index (κ3) is 5.16. The van der Waals surface area contributed by atoms with Crippen LogP contribution in [0.25, 0.3) is 0 Å². The first-order chi connectivity index (χ1) is 12.6. The standard InChI is InChI=1S/C22H29N3O/c1-17-7-6-8-18(2)22(17)24-21(26)15-23-20-11-13-25(14-12-20)16-19-9-4-3-5-10-19/h3-10,20,23H,11-16H2,1-2H3,(H,24,26). The molecule has 0 unspecified atom stereocenters. The summed E-state index contributed by atoms with van der Waals surface area (Å²) in [6, 6.07) is 17.1. The second-order valence-corrected chi connectivity index (χ2v) is 7.23. The van der Waals surface area contributed by atoms with E-state index in [1.165, 1.54) is 5.56 Å². The summed E-state index contributed by atoms with van der Waals surface area (Å²) < 4.78 is 0. The maximum atomic E-state index is 12.3. The van der Waals surface area contributed by atoms with Gasteiger partial charge >= 0.3 is 0 Å². The summed E-state index contributed by atoms with van der Waals surface area (Å²) in [7, 11) is 0. The zero-order chi connectivity index (χ0) is 18.4. The number of rotatable bonds is 6. The highest BCUT2D eigenvalue weighted by molar-refractivity contribution is 5.93. The SMILES string of the molecule is Cc1cccc(C)c1NC(=O)CNC1CCN(Cc2ccccc2)CC1. The van der Waals surface area contributed by atoms with Crippen LogP contribution < -0.4 is 10.6 Å². The molecule has 4 nitrogen and oxygen atoms in total. The van der Waals surface area contributed by atoms with Gasteiger partial charge in [-0.25, -0.2) is 0 Å². The van der Waals surface area contributed by atoms with Crippen LogP contribution in [0, 0.1) is 13.8 Å². The van der Waals surface area contributed by atoms with Crippen molar-refractivity contribution < 1.29 is 4.79 Å². The van der Waals surface area contributed by atoms with E-state index in [0.717, 1.165) is 49.3 Å². The minimum atomic E-state index is 0.0362. The summed E-state index contributed by atoms with van der Waals surface area (Å²) in [5, 5.41) is 6.47. The number of hydrogen-bond acceptors (Lipinski definition) is 3. The number of benzene rings is 2. The Labute approximate surface area is 156 Å². The molecule has 1 fully saturated rings. The Morgan fingerprint density at radius 3 is 2.31 bits per heavy atom. The molecule has 0 bridgehead atoms. The molecule has 0 saturated carbocycles. The monoisotopic (exact) mass is 351 g/mol. The van der Waals surface area contributed by atoms with Crippen molar-refractivity contribution in [2.45, 2.75) is 39.3 Å². The van der Waals surface area contributed by atoms with Crippen LogP contribution in [-0.2, 0) is 11.3 Å². The fraction of sp³-hybridized carbons (Fsp3) is 0.409. The summed E-state index contributed by atoms with van der Waals surface area (Å²) >= 11 is 0. The molecular weight excluding hydrogens is 322 g/mol. The Morgan fingerprint density at radius 1 is 1.00 bits per heavy atom. The average molecular weight is 351 g/mol. The molecule has 0 aliphatic carbocycles. The maximum Gasteiger partial charge on any atom is 0.238 e. The summed E-state index contributed by atoms with van der Waals surface area (Å²) in [4.78, 5) is 14.8. The van der Waals surface area contributed by atoms with Gasteiger partial charge in [-0.15, -0.1) is 0 Å². The fourth-order valence-corrected chi connectivity index (χ4v) is 3.57. The predicted octanol–water partition coefficient (Wildman–Crippen LogP) is 3.50. The Morgan fingerprint density at radius 2 is 1.65 bits per heavy atom. The number of anilines is 1. The van der Waals surface area contributed by atoms with Gasteiger partial charge in [-0.05, 0) is 56.5 Å². The van der Waals surface area contributed by atoms with E-state index in [2.05, 4.69) is 45.9 Å². The van der Waals surface area contributed by atoms with E-state index in [1.807, 2.05) is 32.0 Å². The number of aryl methyl sites for hydroxylation is 2. The van der Waals surface area contributed by atoms with Crippen LogP contribution in [0.2, 0.25) is 0 Å². The number of likely N-dealkylation sites (tertiary alicyclic amines) is 1. The number of hydrogen-bond donors (Lipinski definition) is 2. The molecule has 4 heteroatoms. The topological polar surface area (TPSA) is 44.4 Å². The highest BCUT2D eigenvalue weighted by Gasteiger charge is 2.19. The third-order valence-corrected chi connectivity index (χ3v) is 5.13. The number of piperidine rings is 1. The van der Waals surface area contributed by atoms with Crippen LogP contribution >= 0.6 is 0 Å². The van der Waals surface area contributed by atoms with E-state index in [-0.39, 0.29) is 5.91 Å². The van der Waals surface area contributed by atoms with E-state index >= 15 is 0 Å². The van der Waals surface area contributed by atoms with Gasteiger partial charge in [-0.2, -0.15) is 0 Å². The largest absolute Gasteiger partial charge is 0.324 e. The molecule has 26 heavy (non-hydrogen) atoms. The summed E-state index contributed by atoms with van der Waals surface area (Å²) in [5.41, 5.74) is 4.52. The van der Waals surface area contributed by atoms with Gasteiger partial charge in [0.15, 0.2) is 0 Å². The highest BCUT2D eigenvalue weighted by Crippen LogP contribution is 2.19. The van der Waals surface area contributed by atoms with Crippen molar-refractivity contribution in [2.24, 2.45) is 0 Å². The lowest BCUT2D eigenvalue weighted by Crippen LogP contribution is -2.44. The van der Waals surface area contributed by atoms with Gasteiger partial charge in [0.05, 0.1) is 6.54 Å². The fourth-order valence-electron chi connectivity index (χ4n) is 3.57. The second-order valence-electron chi connectivity index (χ2n) is 7.23. The Bertz CT molecular complexity index is 701. The molecule has 0 radical (unpaired) electrons. The molecule has 0 atom stereocenters. The van der Waals surface area contributed by atoms with Crippen molar-refractivity contribution in [3.8, 4) is 0 Å². The minimum Gasteiger partial charge on any atom is -0.324 e. The second kappa shape index (κ2) is 8.97. The highest BCUT2D eigenvalue weighted by atomic mass is 16.1. The van der Waals surface area contributed by atoms with E-state index in [0.29, 0.717) is 12.6 Å². The van der Waals surface area contributed by atoms with E-state index in [4.69, 9.17) is 0 Å². The van der Waals surface area contributed by atoms with Crippen molar-refractivity contribution in [2.75, 3.05) is 25.0 Å². The lowest BCUT2D eigenvalue weighted by Gasteiger charge is -2.32. The lowest BCUT2D eigenvalue weighted by molar-refractivity contribution is -0.115. The molecule has 1 saturated heterocycles. The molecule has 2 aromatic carbocycles. The summed E-state index contributed by atoms with van der Waals surface area (Å²) in [6.45, 7) is 7.59. The van der Waals surface area contributed by atoms with Crippen LogP contribution in [0.4, 0.5) is 5.69 Å². The zero-order valence-corrected chi connectivity index (χ0v) is 15.8. The van der Waals surface area contributed by atoms with Crippen LogP contribution in [0.1, 0.15) is 29.5 Å². The Hall–Kier alpha value is -2.17. The minimum absolute atomic E-state index is 0.0362. The van der Waals surface area contributed by atoms with E-state index in [1.54, 1.807) is 0 Å². The van der Waals surface area contributed by atoms with Gasteiger partial charge in [-0.1, -0.05) is 48.5 Å².